The van der Waals surface area contributed by atoms with Gasteiger partial charge in [0.15, 0.2) is 12.2 Å². The lowest BCUT2D eigenvalue weighted by Gasteiger charge is -2.21. The van der Waals surface area contributed by atoms with E-state index in [1.807, 2.05) is 0 Å². The summed E-state index contributed by atoms with van der Waals surface area (Å²) in [6.45, 7) is 9.41. The zero-order valence-corrected chi connectivity index (χ0v) is 54.6. The molecule has 0 saturated carbocycles. The molecule has 0 fully saturated rings. The van der Waals surface area contributed by atoms with Gasteiger partial charge in [0, 0.05) is 25.7 Å². The van der Waals surface area contributed by atoms with Crippen molar-refractivity contribution in [1.82, 2.24) is 0 Å². The topological polar surface area (TPSA) is 237 Å². The van der Waals surface area contributed by atoms with Gasteiger partial charge < -0.3 is 33.8 Å². The highest BCUT2D eigenvalue weighted by molar-refractivity contribution is 7.47. The Kier molecular flexibility index (Phi) is 54.3. The summed E-state index contributed by atoms with van der Waals surface area (Å²) in [5.41, 5.74) is 0. The summed E-state index contributed by atoms with van der Waals surface area (Å²) in [6.07, 6.45) is 37.5. The molecule has 3 unspecified atom stereocenters. The Morgan fingerprint density at radius 2 is 0.622 bits per heavy atom. The molecule has 0 aliphatic carbocycles. The van der Waals surface area contributed by atoms with E-state index in [0.29, 0.717) is 25.7 Å². The number of hydrogen-bond donors (Lipinski definition) is 3. The molecule has 0 aromatic carbocycles. The lowest BCUT2D eigenvalue weighted by atomic mass is 10.00. The van der Waals surface area contributed by atoms with Crippen molar-refractivity contribution >= 4 is 39.5 Å². The van der Waals surface area contributed by atoms with Gasteiger partial charge >= 0.3 is 39.5 Å². The van der Waals surface area contributed by atoms with Crippen LogP contribution in [0.15, 0.2) is 0 Å². The summed E-state index contributed by atoms with van der Waals surface area (Å²) >= 11 is 0. The van der Waals surface area contributed by atoms with Crippen molar-refractivity contribution < 1.29 is 80.2 Å². The van der Waals surface area contributed by atoms with Gasteiger partial charge in [-0.3, -0.25) is 37.3 Å². The molecule has 0 amide bonds. The van der Waals surface area contributed by atoms with Crippen molar-refractivity contribution in [1.29, 1.82) is 0 Å². The monoisotopic (exact) mass is 1210 g/mol. The zero-order valence-electron chi connectivity index (χ0n) is 52.8. The molecule has 0 aliphatic heterocycles. The minimum Gasteiger partial charge on any atom is -0.462 e. The van der Waals surface area contributed by atoms with Crippen molar-refractivity contribution in [3.05, 3.63) is 0 Å². The van der Waals surface area contributed by atoms with Crippen LogP contribution in [-0.2, 0) is 65.4 Å². The third kappa shape index (κ3) is 55.9. The molecule has 0 aromatic heterocycles. The summed E-state index contributed by atoms with van der Waals surface area (Å²) in [5, 5.41) is 10.5. The number of aliphatic hydroxyl groups is 1. The van der Waals surface area contributed by atoms with E-state index in [0.717, 1.165) is 108 Å². The van der Waals surface area contributed by atoms with Crippen molar-refractivity contribution in [3.63, 3.8) is 0 Å². The number of aliphatic hydroxyl groups excluding tert-OH is 1. The molecule has 3 N–H and O–H groups in total. The van der Waals surface area contributed by atoms with E-state index >= 15 is 0 Å². The van der Waals surface area contributed by atoms with Crippen molar-refractivity contribution in [2.45, 2.75) is 330 Å². The Labute approximate surface area is 498 Å². The number of carbonyl (C=O) groups is 4. The van der Waals surface area contributed by atoms with E-state index in [9.17, 15) is 43.2 Å². The van der Waals surface area contributed by atoms with E-state index in [-0.39, 0.29) is 25.7 Å². The second kappa shape index (κ2) is 55.6. The lowest BCUT2D eigenvalue weighted by molar-refractivity contribution is -0.161. The highest BCUT2D eigenvalue weighted by atomic mass is 31.2. The maximum Gasteiger partial charge on any atom is 0.472 e. The van der Waals surface area contributed by atoms with Gasteiger partial charge in [-0.05, 0) is 37.5 Å². The number of hydrogen-bond acceptors (Lipinski definition) is 15. The Morgan fingerprint density at radius 1 is 0.354 bits per heavy atom. The molecular weight excluding hydrogens is 1090 g/mol. The molecule has 0 aliphatic rings. The SMILES string of the molecule is CCCCCCCCCCCCC(=O)OC[C@H](COP(=O)(O)OC[C@H](O)COP(=O)(O)OC[C@@H](COC(=O)CCCCCCCCC(C)CC)OC(=O)CCCCCCCCCCCC(C)C)OC(=O)CCCCCCCCCCCC. The molecule has 19 heteroatoms. The molecule has 6 atom stereocenters. The smallest absolute Gasteiger partial charge is 0.462 e. The normalized spacial score (nSPS) is 14.7. The first-order chi connectivity index (χ1) is 39.4. The van der Waals surface area contributed by atoms with Crippen LogP contribution in [0.25, 0.3) is 0 Å². The van der Waals surface area contributed by atoms with E-state index in [4.69, 9.17) is 37.0 Å². The molecular formula is C63H122O17P2. The lowest BCUT2D eigenvalue weighted by Crippen LogP contribution is -2.30. The first kappa shape index (κ1) is 80.1. The van der Waals surface area contributed by atoms with Crippen LogP contribution in [0, 0.1) is 11.8 Å². The molecule has 0 saturated heterocycles. The van der Waals surface area contributed by atoms with Crippen LogP contribution in [0.3, 0.4) is 0 Å². The van der Waals surface area contributed by atoms with Gasteiger partial charge in [-0.1, -0.05) is 260 Å². The number of phosphoric ester groups is 2. The molecule has 82 heavy (non-hydrogen) atoms. The van der Waals surface area contributed by atoms with Crippen LogP contribution in [-0.4, -0.2) is 96.7 Å². The number of unbranched alkanes of at least 4 members (excludes halogenated alkanes) is 31. The van der Waals surface area contributed by atoms with Gasteiger partial charge in [0.25, 0.3) is 0 Å². The number of rotatable bonds is 62. The summed E-state index contributed by atoms with van der Waals surface area (Å²) in [6, 6.07) is 0. The van der Waals surface area contributed by atoms with Gasteiger partial charge in [-0.2, -0.15) is 0 Å². The molecule has 17 nitrogen and oxygen atoms in total. The highest BCUT2D eigenvalue weighted by Gasteiger charge is 2.30. The van der Waals surface area contributed by atoms with Crippen LogP contribution in [0.2, 0.25) is 0 Å². The number of carbonyl (C=O) groups excluding carboxylic acids is 4. The molecule has 486 valence electrons. The van der Waals surface area contributed by atoms with Crippen LogP contribution in [0.5, 0.6) is 0 Å². The van der Waals surface area contributed by atoms with E-state index in [1.54, 1.807) is 0 Å². The highest BCUT2D eigenvalue weighted by Crippen LogP contribution is 2.45. The average Bonchev–Trinajstić information content (AvgIpc) is 3.46. The fourth-order valence-corrected chi connectivity index (χ4v) is 10.9. The van der Waals surface area contributed by atoms with Crippen LogP contribution >= 0.6 is 15.6 Å². The Balaban J connectivity index is 5.25. The second-order valence-electron chi connectivity index (χ2n) is 23.5. The summed E-state index contributed by atoms with van der Waals surface area (Å²) in [5.74, 6) is -0.669. The minimum atomic E-state index is -4.94. The van der Waals surface area contributed by atoms with Crippen molar-refractivity contribution in [3.8, 4) is 0 Å². The molecule has 0 aromatic rings. The van der Waals surface area contributed by atoms with Crippen LogP contribution in [0.1, 0.15) is 311 Å². The molecule has 0 bridgehead atoms. The van der Waals surface area contributed by atoms with Gasteiger partial charge in [0.2, 0.25) is 0 Å². The van der Waals surface area contributed by atoms with E-state index < -0.39 is 97.5 Å². The fourth-order valence-electron chi connectivity index (χ4n) is 9.32. The predicted molar refractivity (Wildman–Crippen MR) is 326 cm³/mol. The minimum absolute atomic E-state index is 0.104. The predicted octanol–water partition coefficient (Wildman–Crippen LogP) is 17.3. The summed E-state index contributed by atoms with van der Waals surface area (Å²) < 4.78 is 67.9. The Morgan fingerprint density at radius 3 is 0.927 bits per heavy atom. The van der Waals surface area contributed by atoms with Gasteiger partial charge in [-0.25, -0.2) is 9.13 Å². The number of ether oxygens (including phenoxy) is 4. The van der Waals surface area contributed by atoms with Crippen LogP contribution in [0.4, 0.5) is 0 Å². The van der Waals surface area contributed by atoms with Gasteiger partial charge in [0.1, 0.15) is 19.3 Å². The van der Waals surface area contributed by atoms with Gasteiger partial charge in [0.05, 0.1) is 26.4 Å². The van der Waals surface area contributed by atoms with Gasteiger partial charge in [-0.15, -0.1) is 0 Å². The van der Waals surface area contributed by atoms with E-state index in [1.165, 1.54) is 122 Å². The van der Waals surface area contributed by atoms with Crippen molar-refractivity contribution in [2.75, 3.05) is 39.6 Å². The fraction of sp³-hybridized carbons (Fsp3) is 0.937. The molecule has 0 spiro atoms. The Bertz CT molecular complexity index is 1620. The largest absolute Gasteiger partial charge is 0.472 e. The molecule has 0 radical (unpaired) electrons. The van der Waals surface area contributed by atoms with E-state index in [2.05, 4.69) is 41.5 Å². The first-order valence-electron chi connectivity index (χ1n) is 33.0. The number of esters is 4. The number of phosphoric acid groups is 2. The maximum absolute atomic E-state index is 13.0. The van der Waals surface area contributed by atoms with Crippen molar-refractivity contribution in [2.24, 2.45) is 11.8 Å². The second-order valence-corrected chi connectivity index (χ2v) is 26.4. The Hall–Kier alpha value is -1.94. The molecule has 0 rings (SSSR count). The first-order valence-corrected chi connectivity index (χ1v) is 36.0. The standard InChI is InChI=1S/C63H122O17P2/c1-7-10-12-14-16-18-22-26-33-39-45-60(65)73-51-58(79-62(67)47-41-35-27-23-19-17-15-13-11-8-2)53-77-81(69,70)75-49-57(64)50-76-82(71,72)78-54-59(52-74-61(66)46-40-34-30-29-32-38-44-56(6)9-3)80-63(68)48-42-36-28-24-20-21-25-31-37-43-55(4)5/h55-59,64H,7-54H2,1-6H3,(H,69,70)(H,71,72)/t56?,57-,58+,59+/m0/s1. The average molecular weight is 1210 g/mol. The quantitative estimate of drug-likeness (QED) is 0.0222. The summed E-state index contributed by atoms with van der Waals surface area (Å²) in [4.78, 5) is 72.1. The molecule has 0 heterocycles. The third-order valence-corrected chi connectivity index (χ3v) is 16.7. The van der Waals surface area contributed by atoms with Crippen LogP contribution < -0.4 is 0 Å². The maximum atomic E-state index is 13.0. The summed E-state index contributed by atoms with van der Waals surface area (Å²) in [7, 11) is -9.88. The third-order valence-electron chi connectivity index (χ3n) is 14.8. The zero-order chi connectivity index (χ0) is 60.8.